The first-order valence-corrected chi connectivity index (χ1v) is 52.1. The highest BCUT2D eigenvalue weighted by Gasteiger charge is 2.30. The summed E-state index contributed by atoms with van der Waals surface area (Å²) in [5, 5.41) is 20.7. The number of carbonyl (C=O) groups excluding carboxylic acids is 3. The molecule has 4 N–H and O–H groups in total. The predicted molar refractivity (Wildman–Crippen MR) is 509 cm³/mol. The van der Waals surface area contributed by atoms with Gasteiger partial charge in [0.05, 0.1) is 26.4 Å². The minimum absolute atomic E-state index is 0.0855. The van der Waals surface area contributed by atoms with Crippen LogP contribution in [0.5, 0.6) is 0 Å². The van der Waals surface area contributed by atoms with Gasteiger partial charge in [-0.2, -0.15) is 0 Å². The number of allylic oxidation sites excluding steroid dienone is 24. The van der Waals surface area contributed by atoms with Crippen molar-refractivity contribution in [3.63, 3.8) is 0 Å². The van der Waals surface area contributed by atoms with Crippen LogP contribution in [0.2, 0.25) is 0 Å². The van der Waals surface area contributed by atoms with Crippen LogP contribution in [0.25, 0.3) is 0 Å². The summed E-state index contributed by atoms with van der Waals surface area (Å²) in [7, 11) is -9.81. The van der Waals surface area contributed by atoms with Gasteiger partial charge in [0, 0.05) is 19.3 Å². The summed E-state index contributed by atoms with van der Waals surface area (Å²) >= 11 is 0. The van der Waals surface area contributed by atoms with Crippen molar-refractivity contribution in [2.24, 2.45) is 0 Å². The number of phosphoric ester groups is 2. The molecule has 0 bridgehead atoms. The van der Waals surface area contributed by atoms with E-state index >= 15 is 0 Å². The Morgan fingerprint density at radius 1 is 0.240 bits per heavy atom. The molecular weight excluding hydrogens is 1560 g/mol. The van der Waals surface area contributed by atoms with E-state index in [2.05, 4.69) is 167 Å². The maximum absolute atomic E-state index is 13.0. The number of phosphoric acid groups is 2. The topological polar surface area (TPSA) is 231 Å². The van der Waals surface area contributed by atoms with E-state index in [1.165, 1.54) is 231 Å². The molecule has 0 amide bonds. The van der Waals surface area contributed by atoms with Gasteiger partial charge in [-0.3, -0.25) is 32.5 Å². The van der Waals surface area contributed by atoms with Crippen molar-refractivity contribution in [2.75, 3.05) is 39.6 Å². The Morgan fingerprint density at radius 3 is 0.694 bits per heavy atom. The summed E-state index contributed by atoms with van der Waals surface area (Å²) in [4.78, 5) is 59.0. The largest absolute Gasteiger partial charge is 0.472 e. The fraction of sp³-hybridized carbons (Fsp3) is 0.738. The molecule has 16 nitrogen and oxygen atoms in total. The predicted octanol–water partition coefficient (Wildman–Crippen LogP) is 30.7. The molecule has 0 aliphatic rings. The Kier molecular flexibility index (Phi) is 91.0. The highest BCUT2D eigenvalue weighted by molar-refractivity contribution is 7.47. The van der Waals surface area contributed by atoms with Gasteiger partial charge in [-0.25, -0.2) is 9.13 Å². The van der Waals surface area contributed by atoms with Crippen molar-refractivity contribution >= 4 is 33.6 Å². The van der Waals surface area contributed by atoms with Crippen LogP contribution in [0.15, 0.2) is 146 Å². The van der Waals surface area contributed by atoms with Crippen LogP contribution < -0.4 is 0 Å². The third-order valence-corrected chi connectivity index (χ3v) is 22.9. The van der Waals surface area contributed by atoms with Gasteiger partial charge < -0.3 is 34.2 Å². The van der Waals surface area contributed by atoms with E-state index in [0.717, 1.165) is 141 Å². The lowest BCUT2D eigenvalue weighted by Gasteiger charge is -2.21. The Bertz CT molecular complexity index is 2780. The maximum Gasteiger partial charge on any atom is 0.472 e. The van der Waals surface area contributed by atoms with E-state index in [4.69, 9.17) is 32.3 Å². The fourth-order valence-corrected chi connectivity index (χ4v) is 15.2. The summed E-state index contributed by atoms with van der Waals surface area (Å²) in [5.41, 5.74) is 0. The Labute approximate surface area is 740 Å². The zero-order valence-electron chi connectivity index (χ0n) is 77.2. The number of esters is 3. The van der Waals surface area contributed by atoms with E-state index < -0.39 is 91.5 Å². The lowest BCUT2D eigenvalue weighted by atomic mass is 10.0. The molecule has 0 saturated heterocycles. The zero-order valence-corrected chi connectivity index (χ0v) is 79.0. The highest BCUT2D eigenvalue weighted by Crippen LogP contribution is 2.45. The molecule has 5 atom stereocenters. The number of aliphatic hydroxyl groups is 2. The smallest absolute Gasteiger partial charge is 0.463 e. The third kappa shape index (κ3) is 95.9. The molecular formula is C103H180O16P2. The quantitative estimate of drug-likeness (QED) is 0.0146. The van der Waals surface area contributed by atoms with Gasteiger partial charge in [0.25, 0.3) is 0 Å². The number of hydrogen-bond donors (Lipinski definition) is 4. The first-order chi connectivity index (χ1) is 59.2. The molecule has 0 aromatic carbocycles. The van der Waals surface area contributed by atoms with E-state index in [1.807, 2.05) is 0 Å². The molecule has 121 heavy (non-hydrogen) atoms. The van der Waals surface area contributed by atoms with Gasteiger partial charge in [0.15, 0.2) is 6.10 Å². The van der Waals surface area contributed by atoms with Crippen molar-refractivity contribution in [3.8, 4) is 0 Å². The normalized spacial score (nSPS) is 14.3. The summed E-state index contributed by atoms with van der Waals surface area (Å²) in [6.45, 7) is 2.47. The van der Waals surface area contributed by atoms with E-state index in [0.29, 0.717) is 19.3 Å². The fourth-order valence-electron chi connectivity index (χ4n) is 13.7. The molecule has 0 rings (SSSR count). The average molecular weight is 1740 g/mol. The second-order valence-electron chi connectivity index (χ2n) is 32.8. The standard InChI is InChI=1S/C103H180O16P2/c1-4-7-10-13-16-19-22-25-28-30-32-34-36-38-40-42-44-46-48-50-52-54-56-58-60-62-64-66-69-71-74-77-80-83-86-89-101(106)113-92-98(104)93-115-120(109,110)116-94-99(105)95-117-121(111,112)118-97-100(119-103(108)91-88-85-82-79-76-73-68-27-24-21-18-15-12-9-6-3)96-114-102(107)90-87-84-81-78-75-72-70-67-65-63-61-59-57-55-53-51-49-47-45-43-41-39-37-35-33-31-29-26-23-20-17-14-11-8-5-2/h7,9-10,12,16-21,25-29,32-35,38-41,68,98-100,104-105H,4-6,8,11,13-15,22-24,30-31,36-37,42-67,69-97H2,1-3H3,(H,109,110)(H,111,112)/b10-7-,12-9-,19-16-,20-17-,21-18-,28-25-,29-26-,34-32-,35-33-,40-38-,41-39-,68-27-. The first-order valence-electron chi connectivity index (χ1n) is 49.1. The molecule has 0 heterocycles. The van der Waals surface area contributed by atoms with E-state index in [9.17, 15) is 43.5 Å². The molecule has 0 aliphatic heterocycles. The van der Waals surface area contributed by atoms with Gasteiger partial charge >= 0.3 is 33.6 Å². The molecule has 0 fully saturated rings. The van der Waals surface area contributed by atoms with Crippen LogP contribution in [-0.4, -0.2) is 95.9 Å². The summed E-state index contributed by atoms with van der Waals surface area (Å²) in [6, 6.07) is 0. The lowest BCUT2D eigenvalue weighted by molar-refractivity contribution is -0.161. The van der Waals surface area contributed by atoms with E-state index in [-0.39, 0.29) is 19.3 Å². The van der Waals surface area contributed by atoms with Gasteiger partial charge in [0.2, 0.25) is 0 Å². The summed E-state index contributed by atoms with van der Waals surface area (Å²) in [6.07, 6.45) is 121. The number of carbonyl (C=O) groups is 3. The van der Waals surface area contributed by atoms with Gasteiger partial charge in [-0.05, 0) is 141 Å². The van der Waals surface area contributed by atoms with Gasteiger partial charge in [-0.15, -0.1) is 0 Å². The van der Waals surface area contributed by atoms with Gasteiger partial charge in [-0.1, -0.05) is 417 Å². The summed E-state index contributed by atoms with van der Waals surface area (Å²) < 4.78 is 61.5. The molecule has 0 spiro atoms. The Hall–Kier alpha value is -4.57. The molecule has 5 unspecified atom stereocenters. The molecule has 0 saturated carbocycles. The minimum atomic E-state index is -4.94. The Balaban J connectivity index is 4.39. The van der Waals surface area contributed by atoms with Crippen LogP contribution in [-0.2, 0) is 55.8 Å². The number of hydrogen-bond acceptors (Lipinski definition) is 14. The number of unbranched alkanes of at least 4 members (excludes halogenated alkanes) is 46. The van der Waals surface area contributed by atoms with Crippen LogP contribution >= 0.6 is 15.6 Å². The molecule has 0 aliphatic carbocycles. The van der Waals surface area contributed by atoms with Crippen LogP contribution in [0.1, 0.15) is 432 Å². The SMILES string of the molecule is CC/C=C\C/C=C\C/C=C\C/C=C\C/C=C\CCCCCCCCCCCCCCCCCCCCCC(=O)OCC(O)COP(=O)(O)OCC(O)COP(=O)(O)OCC(COC(=O)CCCCCCCCCCCCCCCCCCCCC/C=C\C/C=C\C/C=C\C/C=C\CCCCC)OC(=O)CCCCCCC/C=C\C/C=C\C/C=C\CC. The molecule has 0 aromatic rings. The van der Waals surface area contributed by atoms with Crippen molar-refractivity contribution in [3.05, 3.63) is 146 Å². The maximum atomic E-state index is 13.0. The second kappa shape index (κ2) is 94.6. The van der Waals surface area contributed by atoms with Crippen LogP contribution in [0.3, 0.4) is 0 Å². The molecule has 18 heteroatoms. The van der Waals surface area contributed by atoms with Crippen LogP contribution in [0, 0.1) is 0 Å². The van der Waals surface area contributed by atoms with Crippen molar-refractivity contribution in [2.45, 2.75) is 450 Å². The number of aliphatic hydroxyl groups excluding tert-OH is 2. The Morgan fingerprint density at radius 2 is 0.438 bits per heavy atom. The molecule has 0 radical (unpaired) electrons. The third-order valence-electron chi connectivity index (χ3n) is 21.0. The van der Waals surface area contributed by atoms with Crippen molar-refractivity contribution < 1.29 is 75.8 Å². The minimum Gasteiger partial charge on any atom is -0.463 e. The van der Waals surface area contributed by atoms with Crippen LogP contribution in [0.4, 0.5) is 0 Å². The monoisotopic (exact) mass is 1740 g/mol. The number of ether oxygens (including phenoxy) is 3. The van der Waals surface area contributed by atoms with Crippen molar-refractivity contribution in [1.29, 1.82) is 0 Å². The molecule has 698 valence electrons. The van der Waals surface area contributed by atoms with Crippen molar-refractivity contribution in [1.82, 2.24) is 0 Å². The van der Waals surface area contributed by atoms with E-state index in [1.54, 1.807) is 0 Å². The number of rotatable bonds is 93. The first kappa shape index (κ1) is 116. The summed E-state index contributed by atoms with van der Waals surface area (Å²) in [5.74, 6) is -1.58. The second-order valence-corrected chi connectivity index (χ2v) is 35.7. The lowest BCUT2D eigenvalue weighted by Crippen LogP contribution is -2.30. The van der Waals surface area contributed by atoms with Gasteiger partial charge in [0.1, 0.15) is 25.4 Å². The zero-order chi connectivity index (χ0) is 87.9. The average Bonchev–Trinajstić information content (AvgIpc) is 0.890. The highest BCUT2D eigenvalue weighted by atomic mass is 31.2. The molecule has 0 aromatic heterocycles.